The summed E-state index contributed by atoms with van der Waals surface area (Å²) in [7, 11) is 1.73. The highest BCUT2D eigenvalue weighted by atomic mass is 19.1. The van der Waals surface area contributed by atoms with Crippen LogP contribution in [0.2, 0.25) is 0 Å². The fraction of sp³-hybridized carbons (Fsp3) is 0.393. The monoisotopic (exact) mass is 468 g/mol. The van der Waals surface area contributed by atoms with Crippen LogP contribution < -0.4 is 10.6 Å². The van der Waals surface area contributed by atoms with Crippen LogP contribution in [0, 0.1) is 19.7 Å². The smallest absolute Gasteiger partial charge is 0.138 e. The fourth-order valence-electron chi connectivity index (χ4n) is 3.01. The highest BCUT2D eigenvalue weighted by Crippen LogP contribution is 2.17. The summed E-state index contributed by atoms with van der Waals surface area (Å²) < 4.78 is 17.2. The number of allylic oxidation sites excluding steroid dienone is 1. The number of methoxy groups -OCH3 is 1. The molecule has 0 fully saturated rings. The van der Waals surface area contributed by atoms with Crippen molar-refractivity contribution < 1.29 is 9.13 Å². The number of nitrogens with one attached hydrogen (secondary N) is 3. The summed E-state index contributed by atoms with van der Waals surface area (Å²) in [5, 5.41) is 7.93. The number of aryl methyl sites for hydroxylation is 2. The van der Waals surface area contributed by atoms with Gasteiger partial charge in [-0.2, -0.15) is 0 Å². The van der Waals surface area contributed by atoms with Crippen LogP contribution in [0.5, 0.6) is 0 Å². The Morgan fingerprint density at radius 2 is 1.82 bits per heavy atom. The van der Waals surface area contributed by atoms with E-state index < -0.39 is 0 Å². The topological polar surface area (TPSA) is 62.0 Å². The number of fused-ring (bicyclic) bond motifs is 1. The molecule has 0 atom stereocenters. The van der Waals surface area contributed by atoms with Gasteiger partial charge in [-0.1, -0.05) is 51.1 Å². The molecule has 0 saturated carbocycles. The summed E-state index contributed by atoms with van der Waals surface area (Å²) in [6, 6.07) is 12.6. The van der Waals surface area contributed by atoms with Crippen molar-refractivity contribution in [2.45, 2.75) is 47.5 Å². The highest BCUT2D eigenvalue weighted by molar-refractivity contribution is 5.81. The molecule has 6 heteroatoms. The summed E-state index contributed by atoms with van der Waals surface area (Å²) in [6.07, 6.45) is 4.19. The molecule has 0 bridgehead atoms. The molecule has 0 spiro atoms. The van der Waals surface area contributed by atoms with Crippen molar-refractivity contribution in [2.75, 3.05) is 26.8 Å². The Morgan fingerprint density at radius 1 is 1.12 bits per heavy atom. The molecule has 0 amide bonds. The van der Waals surface area contributed by atoms with E-state index in [9.17, 15) is 4.39 Å². The van der Waals surface area contributed by atoms with Gasteiger partial charge in [0.1, 0.15) is 11.5 Å². The number of benzene rings is 1. The lowest BCUT2D eigenvalue weighted by atomic mass is 10.2. The second-order valence-electron chi connectivity index (χ2n) is 7.61. The van der Waals surface area contributed by atoms with E-state index in [4.69, 9.17) is 4.74 Å². The largest absolute Gasteiger partial charge is 0.387 e. The Hall–Kier alpha value is -3.12. The van der Waals surface area contributed by atoms with Gasteiger partial charge in [0.2, 0.25) is 0 Å². The first-order valence-electron chi connectivity index (χ1n) is 12.0. The Kier molecular flexibility index (Phi) is 14.0. The van der Waals surface area contributed by atoms with Crippen LogP contribution in [0.25, 0.3) is 16.7 Å². The number of aromatic amines is 1. The molecule has 0 unspecified atom stereocenters. The van der Waals surface area contributed by atoms with Gasteiger partial charge in [0.15, 0.2) is 0 Å². The minimum Gasteiger partial charge on any atom is -0.387 e. The second kappa shape index (κ2) is 16.5. The Morgan fingerprint density at radius 3 is 2.44 bits per heavy atom. The zero-order chi connectivity index (χ0) is 25.3. The van der Waals surface area contributed by atoms with Crippen LogP contribution in [0.4, 0.5) is 4.39 Å². The van der Waals surface area contributed by atoms with Crippen molar-refractivity contribution in [1.29, 1.82) is 0 Å². The first-order valence-corrected chi connectivity index (χ1v) is 12.0. The van der Waals surface area contributed by atoms with E-state index in [0.29, 0.717) is 0 Å². The minimum absolute atomic E-state index is 0.171. The number of halogens is 1. The molecule has 2 aromatic heterocycles. The number of pyridine rings is 1. The van der Waals surface area contributed by atoms with E-state index in [2.05, 4.69) is 52.3 Å². The maximum atomic E-state index is 12.1. The number of rotatable bonds is 10. The predicted octanol–water partition coefficient (Wildman–Crippen LogP) is 6.51. The van der Waals surface area contributed by atoms with E-state index in [-0.39, 0.29) is 5.82 Å². The van der Waals surface area contributed by atoms with Gasteiger partial charge in [0, 0.05) is 37.0 Å². The lowest BCUT2D eigenvalue weighted by molar-refractivity contribution is 0.195. The van der Waals surface area contributed by atoms with Crippen LogP contribution in [-0.2, 0) is 4.74 Å². The molecule has 34 heavy (non-hydrogen) atoms. The molecular weight excluding hydrogens is 427 g/mol. The molecule has 186 valence electrons. The van der Waals surface area contributed by atoms with E-state index in [1.165, 1.54) is 17.8 Å². The van der Waals surface area contributed by atoms with Gasteiger partial charge in [-0.25, -0.2) is 9.37 Å². The predicted molar refractivity (Wildman–Crippen MR) is 143 cm³/mol. The van der Waals surface area contributed by atoms with Gasteiger partial charge in [-0.3, -0.25) is 0 Å². The van der Waals surface area contributed by atoms with Crippen molar-refractivity contribution in [3.63, 3.8) is 0 Å². The van der Waals surface area contributed by atoms with E-state index in [1.54, 1.807) is 19.2 Å². The number of H-pyrrole nitrogens is 1. The summed E-state index contributed by atoms with van der Waals surface area (Å²) in [4.78, 5) is 7.82. The van der Waals surface area contributed by atoms with Crippen molar-refractivity contribution in [3.8, 4) is 0 Å². The molecule has 1 aromatic carbocycles. The molecule has 3 N–H and O–H groups in total. The maximum absolute atomic E-state index is 12.1. The Balaban J connectivity index is 0.000000483. The average molecular weight is 469 g/mol. The first-order chi connectivity index (χ1) is 16.4. The maximum Gasteiger partial charge on any atom is 0.138 e. The highest BCUT2D eigenvalue weighted by Gasteiger charge is 2.06. The minimum atomic E-state index is -0.171. The molecular formula is C28H41FN4O. The van der Waals surface area contributed by atoms with Crippen LogP contribution >= 0.6 is 0 Å². The van der Waals surface area contributed by atoms with Gasteiger partial charge in [0.25, 0.3) is 0 Å². The molecule has 3 aromatic rings. The normalized spacial score (nSPS) is 10.6. The lowest BCUT2D eigenvalue weighted by Crippen LogP contribution is -2.25. The van der Waals surface area contributed by atoms with Crippen LogP contribution in [0.3, 0.4) is 0 Å². The Labute approximate surface area is 204 Å². The van der Waals surface area contributed by atoms with Gasteiger partial charge in [-0.05, 0) is 57.0 Å². The standard InChI is InChI=1S/C19H28N4O.C7H7F.C2H6/c1-5-7-17(20-10-6-11-24-4)13-21-15(3)18-12-16-9-8-14(2)22-19(16)23-18;1-6-2-4-7(8)5-3-6;1-2/h7-9,12,20-21H,3,5-6,10-11,13H2,1-2,4H3,(H,22,23);2-5H,1H3;1-2H3. The molecule has 0 aliphatic heterocycles. The summed E-state index contributed by atoms with van der Waals surface area (Å²) in [6.45, 7) is 16.6. The summed E-state index contributed by atoms with van der Waals surface area (Å²) >= 11 is 0. The molecule has 3 rings (SSSR count). The molecule has 2 heterocycles. The number of aromatic nitrogens is 2. The van der Waals surface area contributed by atoms with E-state index in [1.807, 2.05) is 33.8 Å². The number of hydrogen-bond acceptors (Lipinski definition) is 4. The van der Waals surface area contributed by atoms with Gasteiger partial charge in [0.05, 0.1) is 17.9 Å². The summed E-state index contributed by atoms with van der Waals surface area (Å²) in [5.74, 6) is -0.171. The molecule has 0 aliphatic carbocycles. The van der Waals surface area contributed by atoms with Crippen molar-refractivity contribution in [1.82, 2.24) is 20.6 Å². The van der Waals surface area contributed by atoms with Crippen molar-refractivity contribution in [2.24, 2.45) is 0 Å². The average Bonchev–Trinajstić information content (AvgIpc) is 3.27. The first kappa shape index (κ1) is 28.9. The van der Waals surface area contributed by atoms with Crippen LogP contribution in [0.1, 0.15) is 50.6 Å². The number of ether oxygens (including phenoxy) is 1. The van der Waals surface area contributed by atoms with Gasteiger partial charge >= 0.3 is 0 Å². The SMILES string of the molecule is C=C(NCC(=CCC)NCCCOC)c1cc2ccc(C)nc2[nH]1.CC.Cc1ccc(F)cc1. The molecule has 5 nitrogen and oxygen atoms in total. The Bertz CT molecular complexity index is 988. The molecule has 0 radical (unpaired) electrons. The number of nitrogens with zero attached hydrogens (tertiary/aromatic N) is 1. The fourth-order valence-corrected chi connectivity index (χ4v) is 3.01. The van der Waals surface area contributed by atoms with E-state index >= 15 is 0 Å². The zero-order valence-corrected chi connectivity index (χ0v) is 21.6. The van der Waals surface area contributed by atoms with Crippen LogP contribution in [0.15, 0.2) is 60.8 Å². The second-order valence-corrected chi connectivity index (χ2v) is 7.61. The van der Waals surface area contributed by atoms with E-state index in [0.717, 1.165) is 66.2 Å². The van der Waals surface area contributed by atoms with Gasteiger partial charge < -0.3 is 20.4 Å². The van der Waals surface area contributed by atoms with Crippen LogP contribution in [-0.4, -0.2) is 36.8 Å². The third-order valence-electron chi connectivity index (χ3n) is 4.77. The number of hydrogen-bond donors (Lipinski definition) is 3. The molecule has 0 saturated heterocycles. The van der Waals surface area contributed by atoms with Crippen molar-refractivity contribution in [3.05, 3.63) is 83.6 Å². The quantitative estimate of drug-likeness (QED) is 0.297. The third-order valence-corrected chi connectivity index (χ3v) is 4.77. The lowest BCUT2D eigenvalue weighted by Gasteiger charge is -2.14. The third kappa shape index (κ3) is 10.7. The van der Waals surface area contributed by atoms with Gasteiger partial charge in [-0.15, -0.1) is 0 Å². The zero-order valence-electron chi connectivity index (χ0n) is 21.6. The summed E-state index contributed by atoms with van der Waals surface area (Å²) in [5.41, 5.74) is 6.01. The molecule has 0 aliphatic rings. The van der Waals surface area contributed by atoms with Crippen molar-refractivity contribution >= 4 is 16.7 Å².